The molecule has 1 aliphatic heterocycles. The second-order valence-corrected chi connectivity index (χ2v) is 6.53. The summed E-state index contributed by atoms with van der Waals surface area (Å²) in [4.78, 5) is 4.81. The summed E-state index contributed by atoms with van der Waals surface area (Å²) in [5.41, 5.74) is 8.42. The molecule has 1 aliphatic rings. The van der Waals surface area contributed by atoms with E-state index in [1.807, 2.05) is 6.92 Å². The molecule has 0 bridgehead atoms. The summed E-state index contributed by atoms with van der Waals surface area (Å²) in [6.45, 7) is 4.28. The lowest BCUT2D eigenvalue weighted by molar-refractivity contribution is 0.249. The van der Waals surface area contributed by atoms with E-state index in [9.17, 15) is 0 Å². The predicted octanol–water partition coefficient (Wildman–Crippen LogP) is 3.00. The zero-order chi connectivity index (χ0) is 14.0. The molecule has 1 aromatic carbocycles. The van der Waals surface area contributed by atoms with Gasteiger partial charge in [-0.2, -0.15) is 0 Å². The van der Waals surface area contributed by atoms with Gasteiger partial charge in [0.05, 0.1) is 0 Å². The van der Waals surface area contributed by atoms with Crippen LogP contribution in [-0.4, -0.2) is 38.1 Å². The average Bonchev–Trinajstić information content (AvgIpc) is 2.38. The van der Waals surface area contributed by atoms with Gasteiger partial charge in [0.2, 0.25) is 0 Å². The van der Waals surface area contributed by atoms with Gasteiger partial charge in [-0.3, -0.25) is 0 Å². The smallest absolute Gasteiger partial charge is 0.0377 e. The number of anilines is 1. The predicted molar refractivity (Wildman–Crippen MR) is 85.7 cm³/mol. The molecular formula is C15H24BrN3. The maximum absolute atomic E-state index is 5.95. The topological polar surface area (TPSA) is 32.5 Å². The van der Waals surface area contributed by atoms with Crippen LogP contribution < -0.4 is 10.6 Å². The van der Waals surface area contributed by atoms with Gasteiger partial charge >= 0.3 is 0 Å². The minimum absolute atomic E-state index is 0.0721. The van der Waals surface area contributed by atoms with E-state index in [4.69, 9.17) is 5.73 Å². The lowest BCUT2D eigenvalue weighted by Crippen LogP contribution is -2.42. The number of rotatable bonds is 3. The zero-order valence-electron chi connectivity index (χ0n) is 12.1. The molecule has 0 saturated carbocycles. The summed E-state index contributed by atoms with van der Waals surface area (Å²) in [5, 5.41) is 0. The molecule has 1 saturated heterocycles. The van der Waals surface area contributed by atoms with Crippen molar-refractivity contribution in [2.24, 2.45) is 5.73 Å². The number of benzene rings is 1. The lowest BCUT2D eigenvalue weighted by atomic mass is 10.0. The van der Waals surface area contributed by atoms with Crippen LogP contribution in [0.25, 0.3) is 0 Å². The van der Waals surface area contributed by atoms with E-state index in [0.29, 0.717) is 0 Å². The van der Waals surface area contributed by atoms with Crippen molar-refractivity contribution >= 4 is 21.6 Å². The van der Waals surface area contributed by atoms with Crippen LogP contribution in [0.3, 0.4) is 0 Å². The molecule has 3 nitrogen and oxygen atoms in total. The normalized spacial score (nSPS) is 18.9. The van der Waals surface area contributed by atoms with Gasteiger partial charge in [-0.1, -0.05) is 22.0 Å². The van der Waals surface area contributed by atoms with Crippen molar-refractivity contribution in [2.75, 3.05) is 32.1 Å². The Bertz CT molecular complexity index is 423. The van der Waals surface area contributed by atoms with E-state index < -0.39 is 0 Å². The molecule has 1 aromatic rings. The number of halogens is 1. The molecule has 2 rings (SSSR count). The average molecular weight is 326 g/mol. The zero-order valence-corrected chi connectivity index (χ0v) is 13.7. The monoisotopic (exact) mass is 325 g/mol. The molecule has 4 heteroatoms. The minimum Gasteiger partial charge on any atom is -0.371 e. The van der Waals surface area contributed by atoms with Crippen molar-refractivity contribution in [1.29, 1.82) is 0 Å². The summed E-state index contributed by atoms with van der Waals surface area (Å²) < 4.78 is 1.12. The van der Waals surface area contributed by atoms with Gasteiger partial charge < -0.3 is 15.5 Å². The van der Waals surface area contributed by atoms with E-state index in [2.05, 4.69) is 58.0 Å². The molecular weight excluding hydrogens is 302 g/mol. The van der Waals surface area contributed by atoms with Crippen LogP contribution in [0, 0.1) is 0 Å². The molecule has 106 valence electrons. The van der Waals surface area contributed by atoms with Crippen molar-refractivity contribution in [3.63, 3.8) is 0 Å². The number of hydrogen-bond donors (Lipinski definition) is 1. The Morgan fingerprint density at radius 3 is 2.42 bits per heavy atom. The molecule has 0 amide bonds. The number of hydrogen-bond acceptors (Lipinski definition) is 3. The maximum Gasteiger partial charge on any atom is 0.0377 e. The number of nitrogens with two attached hydrogens (primary N) is 1. The fourth-order valence-electron chi connectivity index (χ4n) is 2.72. The van der Waals surface area contributed by atoms with E-state index in [0.717, 1.165) is 23.6 Å². The van der Waals surface area contributed by atoms with Crippen molar-refractivity contribution in [2.45, 2.75) is 31.8 Å². The molecule has 1 fully saturated rings. The summed E-state index contributed by atoms with van der Waals surface area (Å²) in [5.74, 6) is 0. The highest BCUT2D eigenvalue weighted by Crippen LogP contribution is 2.29. The first-order valence-electron chi connectivity index (χ1n) is 6.95. The first-order chi connectivity index (χ1) is 8.99. The third kappa shape index (κ3) is 3.50. The van der Waals surface area contributed by atoms with Crippen LogP contribution in [0.1, 0.15) is 31.4 Å². The van der Waals surface area contributed by atoms with Gasteiger partial charge in [0.25, 0.3) is 0 Å². The van der Waals surface area contributed by atoms with Crippen molar-refractivity contribution in [1.82, 2.24) is 4.90 Å². The summed E-state index contributed by atoms with van der Waals surface area (Å²) in [7, 11) is 4.35. The fraction of sp³-hybridized carbons (Fsp3) is 0.600. The number of piperidine rings is 1. The summed E-state index contributed by atoms with van der Waals surface area (Å²) in [6, 6.07) is 7.34. The van der Waals surface area contributed by atoms with Crippen LogP contribution in [0.2, 0.25) is 0 Å². The quantitative estimate of drug-likeness (QED) is 0.927. The first-order valence-corrected chi connectivity index (χ1v) is 7.74. The highest BCUT2D eigenvalue weighted by molar-refractivity contribution is 9.10. The maximum atomic E-state index is 5.95. The molecule has 0 unspecified atom stereocenters. The summed E-state index contributed by atoms with van der Waals surface area (Å²) >= 11 is 3.63. The van der Waals surface area contributed by atoms with Crippen molar-refractivity contribution < 1.29 is 0 Å². The highest BCUT2D eigenvalue weighted by atomic mass is 79.9. The minimum atomic E-state index is 0.0721. The van der Waals surface area contributed by atoms with Crippen LogP contribution in [0.15, 0.2) is 22.7 Å². The van der Waals surface area contributed by atoms with Gasteiger partial charge in [0.15, 0.2) is 0 Å². The Labute approximate surface area is 124 Å². The first kappa shape index (κ1) is 14.8. The Balaban J connectivity index is 2.06. The Kier molecular flexibility index (Phi) is 4.87. The van der Waals surface area contributed by atoms with Crippen LogP contribution in [-0.2, 0) is 0 Å². The van der Waals surface area contributed by atoms with Crippen molar-refractivity contribution in [3.8, 4) is 0 Å². The largest absolute Gasteiger partial charge is 0.371 e. The molecule has 2 N–H and O–H groups in total. The van der Waals surface area contributed by atoms with Gasteiger partial charge in [0, 0.05) is 35.3 Å². The van der Waals surface area contributed by atoms with Crippen LogP contribution in [0.4, 0.5) is 5.69 Å². The molecule has 1 atom stereocenters. The second kappa shape index (κ2) is 6.25. The standard InChI is InChI=1S/C15H24BrN3/c1-11(17)14-5-4-13(10-15(14)16)19-8-6-12(7-9-19)18(2)3/h4-5,10-12H,6-9,17H2,1-3H3/t11-/m0/s1. The van der Waals surface area contributed by atoms with E-state index in [1.165, 1.54) is 24.1 Å². The highest BCUT2D eigenvalue weighted by Gasteiger charge is 2.21. The third-order valence-corrected chi connectivity index (χ3v) is 4.72. The van der Waals surface area contributed by atoms with E-state index >= 15 is 0 Å². The van der Waals surface area contributed by atoms with Gasteiger partial charge in [0.1, 0.15) is 0 Å². The SMILES string of the molecule is C[C@H](N)c1ccc(N2CCC(N(C)C)CC2)cc1Br. The third-order valence-electron chi connectivity index (χ3n) is 4.03. The molecule has 0 aliphatic carbocycles. The molecule has 19 heavy (non-hydrogen) atoms. The lowest BCUT2D eigenvalue weighted by Gasteiger charge is -2.36. The molecule has 0 radical (unpaired) electrons. The van der Waals surface area contributed by atoms with Gasteiger partial charge in [-0.25, -0.2) is 0 Å². The molecule has 1 heterocycles. The number of nitrogens with zero attached hydrogens (tertiary/aromatic N) is 2. The van der Waals surface area contributed by atoms with E-state index in [-0.39, 0.29) is 6.04 Å². The van der Waals surface area contributed by atoms with Crippen LogP contribution >= 0.6 is 15.9 Å². The molecule has 0 aromatic heterocycles. The van der Waals surface area contributed by atoms with Crippen LogP contribution in [0.5, 0.6) is 0 Å². The van der Waals surface area contributed by atoms with Gasteiger partial charge in [-0.15, -0.1) is 0 Å². The Morgan fingerprint density at radius 1 is 1.32 bits per heavy atom. The fourth-order valence-corrected chi connectivity index (χ4v) is 3.45. The van der Waals surface area contributed by atoms with Gasteiger partial charge in [-0.05, 0) is 51.6 Å². The Morgan fingerprint density at radius 2 is 1.95 bits per heavy atom. The second-order valence-electron chi connectivity index (χ2n) is 5.68. The van der Waals surface area contributed by atoms with E-state index in [1.54, 1.807) is 0 Å². The summed E-state index contributed by atoms with van der Waals surface area (Å²) in [6.07, 6.45) is 2.47. The molecule has 0 spiro atoms. The Hall–Kier alpha value is -0.580. The van der Waals surface area contributed by atoms with Crippen molar-refractivity contribution in [3.05, 3.63) is 28.2 Å².